The van der Waals surface area contributed by atoms with E-state index in [0.717, 1.165) is 11.1 Å². The maximum atomic E-state index is 11.8. The van der Waals surface area contributed by atoms with E-state index >= 15 is 0 Å². The lowest BCUT2D eigenvalue weighted by Crippen LogP contribution is -2.21. The Balaban J connectivity index is 2.41. The van der Waals surface area contributed by atoms with Gasteiger partial charge in [-0.3, -0.25) is 4.98 Å². The van der Waals surface area contributed by atoms with Crippen molar-refractivity contribution >= 4 is 0 Å². The topological polar surface area (TPSA) is 24.9 Å². The molecular formula is C9H12F2N2. The van der Waals surface area contributed by atoms with Crippen molar-refractivity contribution in [2.24, 2.45) is 0 Å². The Morgan fingerprint density at radius 3 is 2.92 bits per heavy atom. The predicted octanol–water partition coefficient (Wildman–Crippen LogP) is 1.74. The third-order valence-electron chi connectivity index (χ3n) is 1.76. The first-order valence-electron chi connectivity index (χ1n) is 4.08. The molecule has 1 aromatic rings. The van der Waals surface area contributed by atoms with Crippen molar-refractivity contribution in [3.63, 3.8) is 0 Å². The highest BCUT2D eigenvalue weighted by atomic mass is 19.3. The standard InChI is InChI=1S/C9H12F2N2/c1-7-2-3-12-4-8(7)5-13-6-9(10)11/h2-4,9,13H,5-6H2,1H3. The summed E-state index contributed by atoms with van der Waals surface area (Å²) in [6.07, 6.45) is 1.08. The van der Waals surface area contributed by atoms with Crippen LogP contribution in [-0.4, -0.2) is 18.0 Å². The van der Waals surface area contributed by atoms with Gasteiger partial charge in [0.25, 0.3) is 6.43 Å². The van der Waals surface area contributed by atoms with Gasteiger partial charge >= 0.3 is 0 Å². The van der Waals surface area contributed by atoms with Crippen LogP contribution in [0.3, 0.4) is 0 Å². The molecule has 0 aliphatic heterocycles. The zero-order valence-electron chi connectivity index (χ0n) is 7.43. The van der Waals surface area contributed by atoms with E-state index in [1.807, 2.05) is 13.0 Å². The normalized spacial score (nSPS) is 10.8. The molecule has 0 radical (unpaired) electrons. The summed E-state index contributed by atoms with van der Waals surface area (Å²) in [5.74, 6) is 0. The van der Waals surface area contributed by atoms with Crippen molar-refractivity contribution in [3.8, 4) is 0 Å². The van der Waals surface area contributed by atoms with E-state index in [9.17, 15) is 8.78 Å². The first kappa shape index (κ1) is 10.1. The van der Waals surface area contributed by atoms with Crippen molar-refractivity contribution < 1.29 is 8.78 Å². The smallest absolute Gasteiger partial charge is 0.250 e. The third kappa shape index (κ3) is 3.46. The highest BCUT2D eigenvalue weighted by Gasteiger charge is 2.02. The second kappa shape index (κ2) is 4.87. The van der Waals surface area contributed by atoms with Crippen LogP contribution >= 0.6 is 0 Å². The molecule has 0 spiro atoms. The molecule has 0 amide bonds. The van der Waals surface area contributed by atoms with E-state index < -0.39 is 6.43 Å². The number of nitrogens with zero attached hydrogens (tertiary/aromatic N) is 1. The van der Waals surface area contributed by atoms with Gasteiger partial charge in [-0.1, -0.05) is 0 Å². The molecule has 0 saturated carbocycles. The van der Waals surface area contributed by atoms with Crippen molar-refractivity contribution in [2.75, 3.05) is 6.54 Å². The van der Waals surface area contributed by atoms with Crippen molar-refractivity contribution in [1.82, 2.24) is 10.3 Å². The lowest BCUT2D eigenvalue weighted by molar-refractivity contribution is 0.145. The number of pyridine rings is 1. The third-order valence-corrected chi connectivity index (χ3v) is 1.76. The Morgan fingerprint density at radius 1 is 1.54 bits per heavy atom. The largest absolute Gasteiger partial charge is 0.307 e. The van der Waals surface area contributed by atoms with Gasteiger partial charge < -0.3 is 5.32 Å². The molecule has 0 saturated heterocycles. The fourth-order valence-electron chi connectivity index (χ4n) is 0.998. The number of alkyl halides is 2. The molecular weight excluding hydrogens is 174 g/mol. The van der Waals surface area contributed by atoms with Gasteiger partial charge in [-0.05, 0) is 24.1 Å². The molecule has 13 heavy (non-hydrogen) atoms. The minimum Gasteiger partial charge on any atom is -0.307 e. The average molecular weight is 186 g/mol. The van der Waals surface area contributed by atoms with Crippen LogP contribution in [0.2, 0.25) is 0 Å². The quantitative estimate of drug-likeness (QED) is 0.774. The molecule has 1 N–H and O–H groups in total. The Labute approximate surface area is 76.0 Å². The second-order valence-corrected chi connectivity index (χ2v) is 2.82. The minimum absolute atomic E-state index is 0.270. The minimum atomic E-state index is -2.29. The molecule has 0 bridgehead atoms. The van der Waals surface area contributed by atoms with Crippen LogP contribution in [0.4, 0.5) is 8.78 Å². The number of aryl methyl sites for hydroxylation is 1. The van der Waals surface area contributed by atoms with Gasteiger partial charge in [0.15, 0.2) is 0 Å². The summed E-state index contributed by atoms with van der Waals surface area (Å²) in [6, 6.07) is 1.86. The van der Waals surface area contributed by atoms with Crippen molar-refractivity contribution in [3.05, 3.63) is 29.6 Å². The maximum absolute atomic E-state index is 11.8. The van der Waals surface area contributed by atoms with Crippen LogP contribution in [-0.2, 0) is 6.54 Å². The molecule has 1 heterocycles. The second-order valence-electron chi connectivity index (χ2n) is 2.82. The van der Waals surface area contributed by atoms with Crippen LogP contribution in [0.25, 0.3) is 0 Å². The van der Waals surface area contributed by atoms with E-state index in [1.165, 1.54) is 0 Å². The molecule has 0 aliphatic carbocycles. The molecule has 72 valence electrons. The SMILES string of the molecule is Cc1ccncc1CNCC(F)F. The summed E-state index contributed by atoms with van der Waals surface area (Å²) in [7, 11) is 0. The van der Waals surface area contributed by atoms with Gasteiger partial charge in [0, 0.05) is 18.9 Å². The number of rotatable bonds is 4. The van der Waals surface area contributed by atoms with Crippen LogP contribution in [0.1, 0.15) is 11.1 Å². The number of halogens is 2. The first-order chi connectivity index (χ1) is 6.20. The van der Waals surface area contributed by atoms with E-state index in [-0.39, 0.29) is 6.54 Å². The summed E-state index contributed by atoms with van der Waals surface area (Å²) in [5.41, 5.74) is 2.03. The predicted molar refractivity (Wildman–Crippen MR) is 46.7 cm³/mol. The first-order valence-corrected chi connectivity index (χ1v) is 4.08. The Bertz CT molecular complexity index is 264. The Morgan fingerprint density at radius 2 is 2.31 bits per heavy atom. The maximum Gasteiger partial charge on any atom is 0.250 e. The molecule has 0 fully saturated rings. The molecule has 2 nitrogen and oxygen atoms in total. The molecule has 1 aromatic heterocycles. The molecule has 0 aromatic carbocycles. The number of nitrogens with one attached hydrogen (secondary N) is 1. The fraction of sp³-hybridized carbons (Fsp3) is 0.444. The van der Waals surface area contributed by atoms with Gasteiger partial charge in [0.2, 0.25) is 0 Å². The van der Waals surface area contributed by atoms with Crippen LogP contribution in [0.5, 0.6) is 0 Å². The van der Waals surface area contributed by atoms with Gasteiger partial charge in [-0.15, -0.1) is 0 Å². The molecule has 0 unspecified atom stereocenters. The van der Waals surface area contributed by atoms with E-state index in [4.69, 9.17) is 0 Å². The Kier molecular flexibility index (Phi) is 3.76. The number of hydrogen-bond acceptors (Lipinski definition) is 2. The molecule has 4 heteroatoms. The molecule has 0 atom stereocenters. The summed E-state index contributed by atoms with van der Waals surface area (Å²) in [6.45, 7) is 2.11. The highest BCUT2D eigenvalue weighted by molar-refractivity contribution is 5.20. The summed E-state index contributed by atoms with van der Waals surface area (Å²) in [4.78, 5) is 3.92. The number of aromatic nitrogens is 1. The zero-order valence-corrected chi connectivity index (χ0v) is 7.43. The van der Waals surface area contributed by atoms with E-state index in [0.29, 0.717) is 6.54 Å². The van der Waals surface area contributed by atoms with Crippen LogP contribution < -0.4 is 5.32 Å². The lowest BCUT2D eigenvalue weighted by Gasteiger charge is -2.05. The van der Waals surface area contributed by atoms with Gasteiger partial charge in [-0.25, -0.2) is 8.78 Å². The van der Waals surface area contributed by atoms with Gasteiger partial charge in [0.1, 0.15) is 0 Å². The van der Waals surface area contributed by atoms with E-state index in [2.05, 4.69) is 10.3 Å². The van der Waals surface area contributed by atoms with Crippen molar-refractivity contribution in [2.45, 2.75) is 19.9 Å². The summed E-state index contributed by atoms with van der Waals surface area (Å²) < 4.78 is 23.5. The van der Waals surface area contributed by atoms with Crippen molar-refractivity contribution in [1.29, 1.82) is 0 Å². The van der Waals surface area contributed by atoms with Crippen LogP contribution in [0.15, 0.2) is 18.5 Å². The average Bonchev–Trinajstić information content (AvgIpc) is 2.08. The van der Waals surface area contributed by atoms with E-state index in [1.54, 1.807) is 12.4 Å². The lowest BCUT2D eigenvalue weighted by atomic mass is 10.2. The fourth-order valence-corrected chi connectivity index (χ4v) is 0.998. The van der Waals surface area contributed by atoms with Crippen LogP contribution in [0, 0.1) is 6.92 Å². The molecule has 1 rings (SSSR count). The Hall–Kier alpha value is -1.03. The summed E-state index contributed by atoms with van der Waals surface area (Å²) >= 11 is 0. The monoisotopic (exact) mass is 186 g/mol. The highest BCUT2D eigenvalue weighted by Crippen LogP contribution is 2.03. The van der Waals surface area contributed by atoms with Gasteiger partial charge in [0.05, 0.1) is 6.54 Å². The number of hydrogen-bond donors (Lipinski definition) is 1. The van der Waals surface area contributed by atoms with Gasteiger partial charge in [-0.2, -0.15) is 0 Å². The summed E-state index contributed by atoms with van der Waals surface area (Å²) in [5, 5.41) is 2.65. The molecule has 0 aliphatic rings. The zero-order chi connectivity index (χ0) is 9.68.